The highest BCUT2D eigenvalue weighted by atomic mass is 16.4. The van der Waals surface area contributed by atoms with Crippen LogP contribution in [-0.2, 0) is 11.3 Å². The van der Waals surface area contributed by atoms with Crippen molar-refractivity contribution >= 4 is 5.97 Å². The van der Waals surface area contributed by atoms with E-state index in [1.165, 1.54) is 0 Å². The van der Waals surface area contributed by atoms with Gasteiger partial charge in [0.2, 0.25) is 0 Å². The van der Waals surface area contributed by atoms with Crippen molar-refractivity contribution in [3.05, 3.63) is 24.3 Å². The third-order valence-corrected chi connectivity index (χ3v) is 2.48. The summed E-state index contributed by atoms with van der Waals surface area (Å²) in [5.74, 6) is -0.241. The molecule has 0 saturated carbocycles. The molecule has 82 valence electrons. The van der Waals surface area contributed by atoms with Crippen LogP contribution in [0.1, 0.15) is 19.7 Å². The first-order valence-electron chi connectivity index (χ1n) is 4.65. The number of likely N-dealkylation sites (N-methyl/N-ethyl adjacent to an activating group) is 1. The summed E-state index contributed by atoms with van der Waals surface area (Å²) in [6, 6.07) is 1.73. The van der Waals surface area contributed by atoms with Crippen molar-refractivity contribution < 1.29 is 9.90 Å². The lowest BCUT2D eigenvalue weighted by Crippen LogP contribution is -2.47. The maximum atomic E-state index is 11.0. The van der Waals surface area contributed by atoms with Gasteiger partial charge in [-0.1, -0.05) is 0 Å². The van der Waals surface area contributed by atoms with Gasteiger partial charge in [-0.05, 0) is 27.0 Å². The molecule has 0 unspecified atom stereocenters. The van der Waals surface area contributed by atoms with Crippen molar-refractivity contribution in [3.63, 3.8) is 0 Å². The zero-order valence-corrected chi connectivity index (χ0v) is 9.14. The van der Waals surface area contributed by atoms with E-state index in [0.29, 0.717) is 12.4 Å². The van der Waals surface area contributed by atoms with Crippen LogP contribution in [0.4, 0.5) is 0 Å². The first kappa shape index (κ1) is 11.6. The highest BCUT2D eigenvalue weighted by Gasteiger charge is 2.32. The van der Waals surface area contributed by atoms with E-state index in [1.54, 1.807) is 44.3 Å². The van der Waals surface area contributed by atoms with Crippen LogP contribution in [0.15, 0.2) is 18.5 Å². The van der Waals surface area contributed by atoms with E-state index in [-0.39, 0.29) is 0 Å². The van der Waals surface area contributed by atoms with Crippen molar-refractivity contribution in [1.29, 1.82) is 0 Å². The summed E-state index contributed by atoms with van der Waals surface area (Å²) in [5.41, 5.74) is -0.917. The van der Waals surface area contributed by atoms with E-state index < -0.39 is 11.5 Å². The van der Waals surface area contributed by atoms with E-state index in [0.717, 1.165) is 0 Å². The molecular formula is C10H15N3O2. The van der Waals surface area contributed by atoms with Crippen LogP contribution >= 0.6 is 0 Å². The molecule has 0 bridgehead atoms. The zero-order valence-electron chi connectivity index (χ0n) is 9.14. The standard InChI is InChI=1S/C10H15N3O2/c1-10(2,9(14)15)13(3)7-8-11-5-4-6-12-8/h4-6H,7H2,1-3H3,(H,14,15). The Morgan fingerprint density at radius 2 is 2.00 bits per heavy atom. The Morgan fingerprint density at radius 3 is 2.47 bits per heavy atom. The predicted molar refractivity (Wildman–Crippen MR) is 55.2 cm³/mol. The fourth-order valence-electron chi connectivity index (χ4n) is 0.985. The van der Waals surface area contributed by atoms with Crippen LogP contribution in [0.25, 0.3) is 0 Å². The second-order valence-corrected chi connectivity index (χ2v) is 3.89. The fourth-order valence-corrected chi connectivity index (χ4v) is 0.985. The van der Waals surface area contributed by atoms with Crippen LogP contribution in [0.2, 0.25) is 0 Å². The second kappa shape index (κ2) is 4.35. The second-order valence-electron chi connectivity index (χ2n) is 3.89. The van der Waals surface area contributed by atoms with Crippen LogP contribution in [0, 0.1) is 0 Å². The average molecular weight is 209 g/mol. The van der Waals surface area contributed by atoms with E-state index in [2.05, 4.69) is 9.97 Å². The van der Waals surface area contributed by atoms with Gasteiger partial charge in [0.15, 0.2) is 0 Å². The highest BCUT2D eigenvalue weighted by molar-refractivity contribution is 5.77. The number of hydrogen-bond acceptors (Lipinski definition) is 4. The van der Waals surface area contributed by atoms with Gasteiger partial charge in [-0.2, -0.15) is 0 Å². The number of aliphatic carboxylic acids is 1. The summed E-state index contributed by atoms with van der Waals surface area (Å²) in [5, 5.41) is 9.01. The van der Waals surface area contributed by atoms with E-state index >= 15 is 0 Å². The van der Waals surface area contributed by atoms with Crippen molar-refractivity contribution in [2.75, 3.05) is 7.05 Å². The Bertz CT molecular complexity index is 338. The lowest BCUT2D eigenvalue weighted by Gasteiger charge is -2.30. The number of carboxylic acid groups (broad SMARTS) is 1. The molecule has 1 aromatic heterocycles. The monoisotopic (exact) mass is 209 g/mol. The number of carbonyl (C=O) groups is 1. The molecule has 0 saturated heterocycles. The van der Waals surface area contributed by atoms with Crippen LogP contribution < -0.4 is 0 Å². The summed E-state index contributed by atoms with van der Waals surface area (Å²) in [6.45, 7) is 3.72. The molecule has 0 aliphatic rings. The average Bonchev–Trinajstić information content (AvgIpc) is 2.18. The fraction of sp³-hybridized carbons (Fsp3) is 0.500. The predicted octanol–water partition coefficient (Wildman–Crippen LogP) is 0.772. The van der Waals surface area contributed by atoms with Gasteiger partial charge in [-0.3, -0.25) is 9.69 Å². The van der Waals surface area contributed by atoms with Crippen molar-refractivity contribution in [3.8, 4) is 0 Å². The molecule has 1 N–H and O–H groups in total. The van der Waals surface area contributed by atoms with Gasteiger partial charge in [-0.15, -0.1) is 0 Å². The molecule has 0 atom stereocenters. The summed E-state index contributed by atoms with van der Waals surface area (Å²) >= 11 is 0. The number of rotatable bonds is 4. The minimum Gasteiger partial charge on any atom is -0.480 e. The Hall–Kier alpha value is -1.49. The quantitative estimate of drug-likeness (QED) is 0.793. The molecule has 0 amide bonds. The first-order valence-corrected chi connectivity index (χ1v) is 4.65. The van der Waals surface area contributed by atoms with E-state index in [4.69, 9.17) is 5.11 Å². The Balaban J connectivity index is 2.72. The molecule has 0 radical (unpaired) electrons. The maximum Gasteiger partial charge on any atom is 0.323 e. The van der Waals surface area contributed by atoms with Crippen molar-refractivity contribution in [2.24, 2.45) is 0 Å². The van der Waals surface area contributed by atoms with Gasteiger partial charge in [-0.25, -0.2) is 9.97 Å². The molecule has 0 aliphatic carbocycles. The molecule has 1 rings (SSSR count). The van der Waals surface area contributed by atoms with Gasteiger partial charge in [0.25, 0.3) is 0 Å². The summed E-state index contributed by atoms with van der Waals surface area (Å²) in [6.07, 6.45) is 3.29. The number of aromatic nitrogens is 2. The Morgan fingerprint density at radius 1 is 1.47 bits per heavy atom. The van der Waals surface area contributed by atoms with Crippen LogP contribution in [-0.4, -0.2) is 38.5 Å². The molecule has 5 nitrogen and oxygen atoms in total. The first-order chi connectivity index (χ1) is 6.94. The summed E-state index contributed by atoms with van der Waals surface area (Å²) in [7, 11) is 1.74. The topological polar surface area (TPSA) is 66.3 Å². The van der Waals surface area contributed by atoms with Gasteiger partial charge in [0.05, 0.1) is 6.54 Å². The largest absolute Gasteiger partial charge is 0.480 e. The molecule has 0 aliphatic heterocycles. The molecule has 5 heteroatoms. The minimum absolute atomic E-state index is 0.417. The third kappa shape index (κ3) is 2.73. The lowest BCUT2D eigenvalue weighted by atomic mass is 10.0. The molecule has 0 fully saturated rings. The number of nitrogens with zero attached hydrogens (tertiary/aromatic N) is 3. The lowest BCUT2D eigenvalue weighted by molar-refractivity contribution is -0.148. The van der Waals surface area contributed by atoms with E-state index in [9.17, 15) is 4.79 Å². The summed E-state index contributed by atoms with van der Waals surface area (Å²) < 4.78 is 0. The molecule has 0 aromatic carbocycles. The minimum atomic E-state index is -0.917. The van der Waals surface area contributed by atoms with Gasteiger partial charge >= 0.3 is 5.97 Å². The van der Waals surface area contributed by atoms with Crippen molar-refractivity contribution in [2.45, 2.75) is 25.9 Å². The zero-order chi connectivity index (χ0) is 11.5. The molecule has 15 heavy (non-hydrogen) atoms. The normalized spacial score (nSPS) is 11.7. The molecular weight excluding hydrogens is 194 g/mol. The summed E-state index contributed by atoms with van der Waals surface area (Å²) in [4.78, 5) is 20.8. The number of carboxylic acids is 1. The van der Waals surface area contributed by atoms with Crippen molar-refractivity contribution in [1.82, 2.24) is 14.9 Å². The van der Waals surface area contributed by atoms with Gasteiger partial charge in [0.1, 0.15) is 11.4 Å². The maximum absolute atomic E-state index is 11.0. The Kier molecular flexibility index (Phi) is 3.36. The van der Waals surface area contributed by atoms with Gasteiger partial charge < -0.3 is 5.11 Å². The van der Waals surface area contributed by atoms with Crippen LogP contribution in [0.5, 0.6) is 0 Å². The molecule has 1 aromatic rings. The number of hydrogen-bond donors (Lipinski definition) is 1. The highest BCUT2D eigenvalue weighted by Crippen LogP contribution is 2.14. The Labute approximate surface area is 88.8 Å². The van der Waals surface area contributed by atoms with Gasteiger partial charge in [0, 0.05) is 12.4 Å². The van der Waals surface area contributed by atoms with E-state index in [1.807, 2.05) is 0 Å². The smallest absolute Gasteiger partial charge is 0.323 e. The van der Waals surface area contributed by atoms with Crippen LogP contribution in [0.3, 0.4) is 0 Å². The SMILES string of the molecule is CN(Cc1ncccn1)C(C)(C)C(=O)O. The molecule has 0 spiro atoms. The third-order valence-electron chi connectivity index (χ3n) is 2.48. The molecule has 1 heterocycles.